The highest BCUT2D eigenvalue weighted by Gasteiger charge is 2.67. The maximum atomic E-state index is 6.30. The minimum absolute atomic E-state index is 0.0972. The number of piperidine rings is 1. The summed E-state index contributed by atoms with van der Waals surface area (Å²) in [6.45, 7) is 5.98. The molecule has 2 saturated heterocycles. The molecule has 1 aliphatic carbocycles. The van der Waals surface area contributed by atoms with Crippen molar-refractivity contribution in [3.05, 3.63) is 36.0 Å². The van der Waals surface area contributed by atoms with E-state index in [1.807, 2.05) is 31.5 Å². The molecule has 0 amide bonds. The van der Waals surface area contributed by atoms with Gasteiger partial charge in [-0.15, -0.1) is 0 Å². The lowest BCUT2D eigenvalue weighted by atomic mass is 9.97. The van der Waals surface area contributed by atoms with Gasteiger partial charge in [0.25, 0.3) is 0 Å². The van der Waals surface area contributed by atoms with E-state index < -0.39 is 0 Å². The van der Waals surface area contributed by atoms with Crippen LogP contribution < -0.4 is 20.3 Å². The van der Waals surface area contributed by atoms with Gasteiger partial charge in [-0.1, -0.05) is 5.16 Å². The van der Waals surface area contributed by atoms with Crippen molar-refractivity contribution in [2.45, 2.75) is 37.6 Å². The summed E-state index contributed by atoms with van der Waals surface area (Å²) in [5.74, 6) is 4.34. The molecule has 190 valence electrons. The number of hydrogen-bond acceptors (Lipinski definition) is 10. The number of rotatable bonds is 4. The van der Waals surface area contributed by atoms with Crippen LogP contribution in [0.4, 0.5) is 11.6 Å². The van der Waals surface area contributed by atoms with Crippen molar-refractivity contribution >= 4 is 22.8 Å². The lowest BCUT2D eigenvalue weighted by molar-refractivity contribution is 0.271. The number of fused-ring (bicyclic) bond motifs is 5. The van der Waals surface area contributed by atoms with Gasteiger partial charge in [-0.2, -0.15) is 5.10 Å². The van der Waals surface area contributed by atoms with E-state index >= 15 is 0 Å². The second-order valence-electron chi connectivity index (χ2n) is 10.8. The fraction of sp³-hybridized carbons (Fsp3) is 0.500. The van der Waals surface area contributed by atoms with E-state index in [1.54, 1.807) is 0 Å². The molecule has 3 unspecified atom stereocenters. The van der Waals surface area contributed by atoms with Crippen molar-refractivity contribution in [2.75, 3.05) is 42.6 Å². The number of nitrogens with zero attached hydrogens (tertiary/aromatic N) is 7. The molecular formula is C26H29N9O2. The van der Waals surface area contributed by atoms with Gasteiger partial charge in [0.05, 0.1) is 23.5 Å². The average Bonchev–Trinajstić information content (AvgIpc) is 3.40. The topological polar surface area (TPSA) is 135 Å². The van der Waals surface area contributed by atoms with E-state index in [4.69, 9.17) is 25.0 Å². The maximum absolute atomic E-state index is 6.30. The Balaban J connectivity index is 1.09. The summed E-state index contributed by atoms with van der Waals surface area (Å²) in [4.78, 5) is 19.1. The van der Waals surface area contributed by atoms with E-state index in [0.29, 0.717) is 36.7 Å². The third-order valence-electron chi connectivity index (χ3n) is 9.06. The number of H-pyrrole nitrogens is 1. The molecule has 1 saturated carbocycles. The van der Waals surface area contributed by atoms with Crippen LogP contribution in [-0.4, -0.2) is 69.1 Å². The highest BCUT2D eigenvalue weighted by atomic mass is 16.5. The van der Waals surface area contributed by atoms with E-state index in [0.717, 1.165) is 78.1 Å². The molecule has 7 heterocycles. The fourth-order valence-electron chi connectivity index (χ4n) is 7.13. The molecule has 0 aromatic carbocycles. The molecule has 4 aliphatic rings. The van der Waals surface area contributed by atoms with Crippen molar-refractivity contribution in [3.8, 4) is 17.0 Å². The highest BCUT2D eigenvalue weighted by Crippen LogP contribution is 2.62. The van der Waals surface area contributed by atoms with E-state index in [-0.39, 0.29) is 5.41 Å². The van der Waals surface area contributed by atoms with Crippen molar-refractivity contribution in [1.82, 2.24) is 30.3 Å². The number of anilines is 2. The Morgan fingerprint density at radius 3 is 3.03 bits per heavy atom. The lowest BCUT2D eigenvalue weighted by Gasteiger charge is -2.33. The van der Waals surface area contributed by atoms with Gasteiger partial charge < -0.3 is 24.8 Å². The molecule has 4 aromatic rings. The first-order valence-corrected chi connectivity index (χ1v) is 13.2. The van der Waals surface area contributed by atoms with Crippen molar-refractivity contribution in [2.24, 2.45) is 17.6 Å². The first-order chi connectivity index (χ1) is 18.2. The van der Waals surface area contributed by atoms with E-state index in [1.165, 1.54) is 6.42 Å². The number of aromatic nitrogens is 6. The van der Waals surface area contributed by atoms with Gasteiger partial charge in [-0.3, -0.25) is 5.10 Å². The number of nitrogens with two attached hydrogens (primary N) is 1. The summed E-state index contributed by atoms with van der Waals surface area (Å²) in [5, 5.41) is 12.1. The zero-order chi connectivity index (χ0) is 24.7. The van der Waals surface area contributed by atoms with Gasteiger partial charge in [0, 0.05) is 43.9 Å². The fourth-order valence-corrected chi connectivity index (χ4v) is 7.13. The number of aryl methyl sites for hydroxylation is 1. The summed E-state index contributed by atoms with van der Waals surface area (Å²) >= 11 is 0. The van der Waals surface area contributed by atoms with Crippen molar-refractivity contribution in [3.63, 3.8) is 0 Å². The average molecular weight is 500 g/mol. The third-order valence-corrected chi connectivity index (χ3v) is 9.06. The van der Waals surface area contributed by atoms with Crippen LogP contribution in [0, 0.1) is 18.8 Å². The van der Waals surface area contributed by atoms with Crippen LogP contribution in [0.3, 0.4) is 0 Å². The Hall–Kier alpha value is -3.73. The Kier molecular flexibility index (Phi) is 4.41. The third kappa shape index (κ3) is 2.94. The van der Waals surface area contributed by atoms with Gasteiger partial charge in [-0.05, 0) is 44.1 Å². The predicted molar refractivity (Wildman–Crippen MR) is 137 cm³/mol. The van der Waals surface area contributed by atoms with Crippen molar-refractivity contribution < 1.29 is 9.26 Å². The standard InChI is InChI=1S/C26H29N9O2/c1-14-9-19(33-37-14)26(13-27)17-5-8-34(11-18(17)26)20-10-29-22-21(31-32-24(22)30-20)16-4-6-28-25-23(16)36-12-15-3-2-7-35(15)25/h4,6,9-10,15,17-18H,2-3,5,7-8,11-13,27H2,1H3,(H,30,31,32)/t15-,17?,18?,26?/m0/s1. The Bertz CT molecular complexity index is 1510. The summed E-state index contributed by atoms with van der Waals surface area (Å²) in [6, 6.07) is 4.41. The maximum Gasteiger partial charge on any atom is 0.177 e. The second-order valence-corrected chi connectivity index (χ2v) is 10.8. The molecule has 11 heteroatoms. The van der Waals surface area contributed by atoms with Gasteiger partial charge in [0.1, 0.15) is 29.4 Å². The minimum atomic E-state index is -0.0972. The monoisotopic (exact) mass is 499 g/mol. The van der Waals surface area contributed by atoms with Crippen LogP contribution >= 0.6 is 0 Å². The highest BCUT2D eigenvalue weighted by molar-refractivity contribution is 5.91. The van der Waals surface area contributed by atoms with Gasteiger partial charge >= 0.3 is 0 Å². The molecule has 37 heavy (non-hydrogen) atoms. The molecular weight excluding hydrogens is 470 g/mol. The molecule has 3 fully saturated rings. The van der Waals surface area contributed by atoms with Crippen LogP contribution in [0.1, 0.15) is 30.7 Å². The van der Waals surface area contributed by atoms with Crippen LogP contribution in [0.2, 0.25) is 0 Å². The number of pyridine rings is 1. The van der Waals surface area contributed by atoms with Crippen LogP contribution in [0.5, 0.6) is 5.75 Å². The number of hydrogen-bond donors (Lipinski definition) is 2. The first kappa shape index (κ1) is 21.4. The van der Waals surface area contributed by atoms with Gasteiger partial charge in [0.15, 0.2) is 17.2 Å². The van der Waals surface area contributed by atoms with Crippen LogP contribution in [0.15, 0.2) is 29.0 Å². The van der Waals surface area contributed by atoms with Gasteiger partial charge in [0.2, 0.25) is 0 Å². The van der Waals surface area contributed by atoms with Crippen LogP contribution in [-0.2, 0) is 5.41 Å². The molecule has 0 spiro atoms. The zero-order valence-corrected chi connectivity index (χ0v) is 20.7. The molecule has 3 N–H and O–H groups in total. The SMILES string of the molecule is Cc1cc(C2(CN)C3CCN(c4cnc5c(-c6ccnc7c6OC[C@@H]6CCCN76)n[nH]c5n4)CC32)no1. The summed E-state index contributed by atoms with van der Waals surface area (Å²) in [5.41, 5.74) is 10.3. The molecule has 0 radical (unpaired) electrons. The largest absolute Gasteiger partial charge is 0.487 e. The second kappa shape index (κ2) is 7.64. The molecule has 4 atom stereocenters. The zero-order valence-electron chi connectivity index (χ0n) is 20.7. The van der Waals surface area contributed by atoms with Gasteiger partial charge in [-0.25, -0.2) is 15.0 Å². The lowest BCUT2D eigenvalue weighted by Crippen LogP contribution is -2.38. The number of aromatic amines is 1. The minimum Gasteiger partial charge on any atom is -0.487 e. The summed E-state index contributed by atoms with van der Waals surface area (Å²) in [6.07, 6.45) is 7.05. The summed E-state index contributed by atoms with van der Waals surface area (Å²) < 4.78 is 11.6. The smallest absolute Gasteiger partial charge is 0.177 e. The quantitative estimate of drug-likeness (QED) is 0.431. The molecule has 8 rings (SSSR count). The van der Waals surface area contributed by atoms with E-state index in [2.05, 4.69) is 30.1 Å². The Morgan fingerprint density at radius 2 is 2.16 bits per heavy atom. The Morgan fingerprint density at radius 1 is 1.22 bits per heavy atom. The molecule has 11 nitrogen and oxygen atoms in total. The van der Waals surface area contributed by atoms with E-state index in [9.17, 15) is 0 Å². The number of nitrogens with one attached hydrogen (secondary N) is 1. The molecule has 3 aliphatic heterocycles. The Labute approximate surface area is 213 Å². The van der Waals surface area contributed by atoms with Crippen LogP contribution in [0.25, 0.3) is 22.4 Å². The predicted octanol–water partition coefficient (Wildman–Crippen LogP) is 2.43. The van der Waals surface area contributed by atoms with Crippen molar-refractivity contribution in [1.29, 1.82) is 0 Å². The normalized spacial score (nSPS) is 28.1. The number of ether oxygens (including phenoxy) is 1. The molecule has 0 bridgehead atoms. The summed E-state index contributed by atoms with van der Waals surface area (Å²) in [7, 11) is 0. The molecule has 4 aromatic heterocycles. The first-order valence-electron chi connectivity index (χ1n) is 13.2.